The fourth-order valence-electron chi connectivity index (χ4n) is 1.62. The Bertz CT molecular complexity index is 661. The van der Waals surface area contributed by atoms with Crippen LogP contribution in [0.5, 0.6) is 0 Å². The van der Waals surface area contributed by atoms with Gasteiger partial charge in [-0.2, -0.15) is 10.4 Å². The Balaban J connectivity index is 2.32. The number of rotatable bonds is 4. The molecular weight excluding hydrogens is 263 g/mol. The maximum atomic E-state index is 12.8. The summed E-state index contributed by atoms with van der Waals surface area (Å²) in [5.41, 5.74) is -1.68. The van der Waals surface area contributed by atoms with Gasteiger partial charge < -0.3 is 10.1 Å². The van der Waals surface area contributed by atoms with Gasteiger partial charge in [-0.3, -0.25) is 9.89 Å². The summed E-state index contributed by atoms with van der Waals surface area (Å²) in [6.45, 7) is 0. The van der Waals surface area contributed by atoms with Crippen LogP contribution in [0.1, 0.15) is 5.69 Å². The minimum Gasteiger partial charge on any atom is -0.324 e. The predicted octanol–water partition coefficient (Wildman–Crippen LogP) is 1.15. The molecule has 1 heterocycles. The molecule has 20 heavy (non-hydrogen) atoms. The van der Waals surface area contributed by atoms with E-state index in [0.29, 0.717) is 0 Å². The van der Waals surface area contributed by atoms with Crippen molar-refractivity contribution in [2.75, 3.05) is 5.32 Å². The molecule has 0 aliphatic carbocycles. The third kappa shape index (κ3) is 2.27. The van der Waals surface area contributed by atoms with E-state index in [2.05, 4.69) is 15.5 Å². The molecule has 0 aliphatic heterocycles. The number of hydrogen-bond donors (Lipinski definition) is 2. The van der Waals surface area contributed by atoms with Gasteiger partial charge in [-0.1, -0.05) is 0 Å². The van der Waals surface area contributed by atoms with Crippen LogP contribution in [0.15, 0.2) is 36.5 Å². The zero-order valence-electron chi connectivity index (χ0n) is 10.1. The molecule has 1 aromatic carbocycles. The number of benzene rings is 1. The Morgan fingerprint density at radius 3 is 2.60 bits per heavy atom. The standard InChI is InChI=1S/C13H9FN4O2/c14-9-1-3-10(4-2-9)17-12(20)13(7-15,8-19)11-5-6-16-18-11/h1-6,8H,(H,16,18)(H,17,20). The lowest BCUT2D eigenvalue weighted by molar-refractivity contribution is -0.125. The highest BCUT2D eigenvalue weighted by Crippen LogP contribution is 2.21. The molecule has 0 bridgehead atoms. The first-order chi connectivity index (χ1) is 9.62. The zero-order valence-corrected chi connectivity index (χ0v) is 10.1. The van der Waals surface area contributed by atoms with Crippen LogP contribution in [0.2, 0.25) is 0 Å². The smallest absolute Gasteiger partial charge is 0.258 e. The van der Waals surface area contributed by atoms with Crippen molar-refractivity contribution in [2.24, 2.45) is 0 Å². The number of aldehydes is 1. The van der Waals surface area contributed by atoms with Crippen LogP contribution >= 0.6 is 0 Å². The molecule has 0 saturated carbocycles. The molecule has 0 aliphatic rings. The number of aromatic nitrogens is 2. The Labute approximate surface area is 113 Å². The summed E-state index contributed by atoms with van der Waals surface area (Å²) >= 11 is 0. The Morgan fingerprint density at radius 2 is 2.10 bits per heavy atom. The molecule has 2 N–H and O–H groups in total. The second kappa shape index (κ2) is 5.32. The molecule has 7 heteroatoms. The van der Waals surface area contributed by atoms with Crippen LogP contribution in [-0.2, 0) is 15.0 Å². The van der Waals surface area contributed by atoms with E-state index in [1.165, 1.54) is 24.4 Å². The molecule has 1 unspecified atom stereocenters. The summed E-state index contributed by atoms with van der Waals surface area (Å²) in [6, 6.07) is 8.00. The van der Waals surface area contributed by atoms with Crippen molar-refractivity contribution in [1.29, 1.82) is 5.26 Å². The maximum Gasteiger partial charge on any atom is 0.258 e. The van der Waals surface area contributed by atoms with E-state index < -0.39 is 17.1 Å². The summed E-state index contributed by atoms with van der Waals surface area (Å²) in [4.78, 5) is 23.4. The molecule has 0 radical (unpaired) electrons. The molecule has 1 aromatic heterocycles. The number of carbonyl (C=O) groups is 2. The molecule has 0 spiro atoms. The fraction of sp³-hybridized carbons (Fsp3) is 0.0769. The van der Waals surface area contributed by atoms with E-state index >= 15 is 0 Å². The van der Waals surface area contributed by atoms with Crippen molar-refractivity contribution in [2.45, 2.75) is 5.41 Å². The van der Waals surface area contributed by atoms with E-state index in [9.17, 15) is 19.2 Å². The van der Waals surface area contributed by atoms with Crippen LogP contribution in [0.4, 0.5) is 10.1 Å². The second-order valence-corrected chi connectivity index (χ2v) is 3.97. The summed E-state index contributed by atoms with van der Waals surface area (Å²) < 4.78 is 12.8. The van der Waals surface area contributed by atoms with E-state index in [-0.39, 0.29) is 17.7 Å². The van der Waals surface area contributed by atoms with Crippen molar-refractivity contribution < 1.29 is 14.0 Å². The van der Waals surface area contributed by atoms with Gasteiger partial charge in [-0.25, -0.2) is 4.39 Å². The largest absolute Gasteiger partial charge is 0.324 e. The van der Waals surface area contributed by atoms with E-state index in [0.717, 1.165) is 12.1 Å². The number of nitrogens with zero attached hydrogens (tertiary/aromatic N) is 2. The van der Waals surface area contributed by atoms with Crippen molar-refractivity contribution in [3.8, 4) is 6.07 Å². The van der Waals surface area contributed by atoms with Gasteiger partial charge in [0.15, 0.2) is 6.29 Å². The highest BCUT2D eigenvalue weighted by molar-refractivity contribution is 6.12. The van der Waals surface area contributed by atoms with Gasteiger partial charge in [-0.15, -0.1) is 0 Å². The molecule has 2 aromatic rings. The third-order valence-electron chi connectivity index (χ3n) is 2.74. The van der Waals surface area contributed by atoms with Gasteiger partial charge in [0.1, 0.15) is 5.82 Å². The van der Waals surface area contributed by atoms with Gasteiger partial charge >= 0.3 is 0 Å². The quantitative estimate of drug-likeness (QED) is 0.644. The average molecular weight is 272 g/mol. The molecular formula is C13H9FN4O2. The fourth-order valence-corrected chi connectivity index (χ4v) is 1.62. The lowest BCUT2D eigenvalue weighted by atomic mass is 9.86. The predicted molar refractivity (Wildman–Crippen MR) is 67.0 cm³/mol. The topological polar surface area (TPSA) is 98.6 Å². The minimum absolute atomic E-state index is 0.0645. The first-order valence-electron chi connectivity index (χ1n) is 5.57. The highest BCUT2D eigenvalue weighted by Gasteiger charge is 2.42. The first kappa shape index (κ1) is 13.4. The number of aromatic amines is 1. The number of amides is 1. The van der Waals surface area contributed by atoms with Crippen LogP contribution in [0, 0.1) is 17.1 Å². The molecule has 1 atom stereocenters. The minimum atomic E-state index is -2.02. The lowest BCUT2D eigenvalue weighted by Crippen LogP contribution is -2.41. The van der Waals surface area contributed by atoms with Gasteiger partial charge in [0.2, 0.25) is 5.41 Å². The van der Waals surface area contributed by atoms with Gasteiger partial charge in [0, 0.05) is 11.9 Å². The monoisotopic (exact) mass is 272 g/mol. The number of anilines is 1. The number of halogens is 1. The summed E-state index contributed by atoms with van der Waals surface area (Å²) in [7, 11) is 0. The summed E-state index contributed by atoms with van der Waals surface area (Å²) in [6.07, 6.45) is 1.56. The summed E-state index contributed by atoms with van der Waals surface area (Å²) in [5.74, 6) is -1.30. The van der Waals surface area contributed by atoms with Crippen LogP contribution in [0.3, 0.4) is 0 Å². The van der Waals surface area contributed by atoms with E-state index in [4.69, 9.17) is 0 Å². The van der Waals surface area contributed by atoms with E-state index in [1.54, 1.807) is 6.07 Å². The SMILES string of the molecule is N#CC(C=O)(C(=O)Nc1ccc(F)cc1)c1ccn[nH]1. The van der Waals surface area contributed by atoms with Crippen molar-refractivity contribution in [3.63, 3.8) is 0 Å². The number of H-pyrrole nitrogens is 1. The molecule has 100 valence electrons. The normalized spacial score (nSPS) is 13.0. The number of nitrogens with one attached hydrogen (secondary N) is 2. The maximum absolute atomic E-state index is 12.8. The molecule has 0 fully saturated rings. The Hall–Kier alpha value is -3.01. The first-order valence-corrected chi connectivity index (χ1v) is 5.57. The average Bonchev–Trinajstić information content (AvgIpc) is 2.98. The van der Waals surface area contributed by atoms with Crippen LogP contribution in [-0.4, -0.2) is 22.4 Å². The van der Waals surface area contributed by atoms with Gasteiger partial charge in [0.05, 0.1) is 11.8 Å². The van der Waals surface area contributed by atoms with Crippen LogP contribution in [0.25, 0.3) is 0 Å². The lowest BCUT2D eigenvalue weighted by Gasteiger charge is -2.17. The van der Waals surface area contributed by atoms with Crippen molar-refractivity contribution in [3.05, 3.63) is 48.0 Å². The highest BCUT2D eigenvalue weighted by atomic mass is 19.1. The van der Waals surface area contributed by atoms with Crippen molar-refractivity contribution in [1.82, 2.24) is 10.2 Å². The van der Waals surface area contributed by atoms with Gasteiger partial charge in [-0.05, 0) is 30.3 Å². The number of hydrogen-bond acceptors (Lipinski definition) is 4. The Kier molecular flexibility index (Phi) is 3.57. The third-order valence-corrected chi connectivity index (χ3v) is 2.74. The second-order valence-electron chi connectivity index (χ2n) is 3.97. The van der Waals surface area contributed by atoms with Crippen molar-refractivity contribution >= 4 is 17.9 Å². The van der Waals surface area contributed by atoms with E-state index in [1.807, 2.05) is 0 Å². The number of carbonyl (C=O) groups excluding carboxylic acids is 2. The summed E-state index contributed by atoms with van der Waals surface area (Å²) in [5, 5.41) is 17.6. The number of nitriles is 1. The zero-order chi connectivity index (χ0) is 14.6. The molecule has 2 rings (SSSR count). The molecule has 1 amide bonds. The van der Waals surface area contributed by atoms with Gasteiger partial charge in [0.25, 0.3) is 5.91 Å². The van der Waals surface area contributed by atoms with Crippen LogP contribution < -0.4 is 5.32 Å². The molecule has 6 nitrogen and oxygen atoms in total. The molecule has 0 saturated heterocycles. The Morgan fingerprint density at radius 1 is 1.40 bits per heavy atom.